The SMILES string of the molecule is O=C(O)CCCC=Cc1ccc(Cc2ccc(Cl)cc2)s1. The maximum Gasteiger partial charge on any atom is 0.303 e. The lowest BCUT2D eigenvalue weighted by atomic mass is 10.1. The Balaban J connectivity index is 1.85. The predicted molar refractivity (Wildman–Crippen MR) is 89.1 cm³/mol. The van der Waals surface area contributed by atoms with E-state index in [1.54, 1.807) is 11.3 Å². The summed E-state index contributed by atoms with van der Waals surface area (Å²) in [5.74, 6) is -0.732. The molecule has 1 N–H and O–H groups in total. The summed E-state index contributed by atoms with van der Waals surface area (Å²) in [7, 11) is 0. The van der Waals surface area contributed by atoms with Crippen molar-refractivity contribution in [1.29, 1.82) is 0 Å². The van der Waals surface area contributed by atoms with Crippen molar-refractivity contribution in [3.63, 3.8) is 0 Å². The largest absolute Gasteiger partial charge is 0.481 e. The fourth-order valence-electron chi connectivity index (χ4n) is 1.95. The Morgan fingerprint density at radius 2 is 1.95 bits per heavy atom. The number of hydrogen-bond acceptors (Lipinski definition) is 2. The van der Waals surface area contributed by atoms with Crippen molar-refractivity contribution in [2.45, 2.75) is 25.7 Å². The first-order valence-corrected chi connectivity index (χ1v) is 8.04. The van der Waals surface area contributed by atoms with Gasteiger partial charge in [0.2, 0.25) is 0 Å². The Hall–Kier alpha value is -1.58. The Morgan fingerprint density at radius 1 is 1.19 bits per heavy atom. The lowest BCUT2D eigenvalue weighted by Gasteiger charge is -1.98. The van der Waals surface area contributed by atoms with E-state index in [-0.39, 0.29) is 6.42 Å². The van der Waals surface area contributed by atoms with Crippen molar-refractivity contribution in [1.82, 2.24) is 0 Å². The van der Waals surface area contributed by atoms with Crippen LogP contribution in [-0.4, -0.2) is 11.1 Å². The van der Waals surface area contributed by atoms with Crippen LogP contribution in [0.1, 0.15) is 34.6 Å². The smallest absolute Gasteiger partial charge is 0.303 e. The van der Waals surface area contributed by atoms with Gasteiger partial charge in [0.05, 0.1) is 0 Å². The molecular formula is C17H17ClO2S. The van der Waals surface area contributed by atoms with Gasteiger partial charge in [0.25, 0.3) is 0 Å². The summed E-state index contributed by atoms with van der Waals surface area (Å²) >= 11 is 7.64. The number of rotatable bonds is 7. The van der Waals surface area contributed by atoms with Gasteiger partial charge >= 0.3 is 5.97 Å². The van der Waals surface area contributed by atoms with Crippen molar-refractivity contribution in [3.8, 4) is 0 Å². The third-order valence-corrected chi connectivity index (χ3v) is 4.32. The molecule has 0 atom stereocenters. The zero-order chi connectivity index (χ0) is 15.1. The van der Waals surface area contributed by atoms with Gasteiger partial charge in [-0.2, -0.15) is 0 Å². The number of thiophene rings is 1. The second-order valence-corrected chi connectivity index (χ2v) is 6.43. The highest BCUT2D eigenvalue weighted by molar-refractivity contribution is 7.12. The summed E-state index contributed by atoms with van der Waals surface area (Å²) in [5.41, 5.74) is 1.25. The number of halogens is 1. The third kappa shape index (κ3) is 5.74. The monoisotopic (exact) mass is 320 g/mol. The van der Waals surface area contributed by atoms with E-state index in [1.807, 2.05) is 30.3 Å². The van der Waals surface area contributed by atoms with E-state index in [2.05, 4.69) is 18.2 Å². The lowest BCUT2D eigenvalue weighted by Crippen LogP contribution is -1.92. The fraction of sp³-hybridized carbons (Fsp3) is 0.235. The number of hydrogen-bond donors (Lipinski definition) is 1. The average Bonchev–Trinajstić information content (AvgIpc) is 2.88. The minimum Gasteiger partial charge on any atom is -0.481 e. The summed E-state index contributed by atoms with van der Waals surface area (Å²) in [6, 6.07) is 12.1. The van der Waals surface area contributed by atoms with E-state index < -0.39 is 5.97 Å². The molecule has 0 spiro atoms. The quantitative estimate of drug-likeness (QED) is 0.706. The van der Waals surface area contributed by atoms with Crippen LogP contribution in [0.2, 0.25) is 5.02 Å². The van der Waals surface area contributed by atoms with Crippen LogP contribution in [0.3, 0.4) is 0 Å². The van der Waals surface area contributed by atoms with E-state index in [1.165, 1.54) is 15.3 Å². The van der Waals surface area contributed by atoms with E-state index in [4.69, 9.17) is 16.7 Å². The zero-order valence-electron chi connectivity index (χ0n) is 11.6. The number of aliphatic carboxylic acids is 1. The van der Waals surface area contributed by atoms with Gasteiger partial charge < -0.3 is 5.11 Å². The average molecular weight is 321 g/mol. The molecule has 0 aliphatic rings. The molecule has 0 bridgehead atoms. The van der Waals surface area contributed by atoms with Gasteiger partial charge in [-0.15, -0.1) is 11.3 Å². The van der Waals surface area contributed by atoms with Gasteiger partial charge in [0.15, 0.2) is 0 Å². The van der Waals surface area contributed by atoms with Gasteiger partial charge in [-0.3, -0.25) is 4.79 Å². The first kappa shape index (κ1) is 15.8. The molecular weight excluding hydrogens is 304 g/mol. The van der Waals surface area contributed by atoms with Crippen LogP contribution in [0.4, 0.5) is 0 Å². The molecule has 0 saturated heterocycles. The number of unbranched alkanes of at least 4 members (excludes halogenated alkanes) is 1. The minimum absolute atomic E-state index is 0.233. The molecule has 0 fully saturated rings. The molecule has 1 aromatic heterocycles. The molecule has 1 aromatic carbocycles. The van der Waals surface area contributed by atoms with Crippen LogP contribution in [0.25, 0.3) is 6.08 Å². The Kier molecular flexibility index (Phi) is 6.03. The molecule has 0 radical (unpaired) electrons. The zero-order valence-corrected chi connectivity index (χ0v) is 13.2. The molecule has 2 aromatic rings. The van der Waals surface area contributed by atoms with Gasteiger partial charge in [-0.05, 0) is 48.7 Å². The second kappa shape index (κ2) is 8.01. The summed E-state index contributed by atoms with van der Waals surface area (Å²) < 4.78 is 0. The summed E-state index contributed by atoms with van der Waals surface area (Å²) in [5, 5.41) is 9.32. The number of benzene rings is 1. The number of carboxylic acid groups (broad SMARTS) is 1. The maximum atomic E-state index is 10.4. The van der Waals surface area contributed by atoms with Gasteiger partial charge in [0.1, 0.15) is 0 Å². The number of allylic oxidation sites excluding steroid dienone is 1. The maximum absolute atomic E-state index is 10.4. The fourth-order valence-corrected chi connectivity index (χ4v) is 3.06. The number of carboxylic acids is 1. The molecule has 2 rings (SSSR count). The Morgan fingerprint density at radius 3 is 2.67 bits per heavy atom. The highest BCUT2D eigenvalue weighted by atomic mass is 35.5. The highest BCUT2D eigenvalue weighted by Crippen LogP contribution is 2.22. The molecule has 2 nitrogen and oxygen atoms in total. The van der Waals surface area contributed by atoms with E-state index in [0.717, 1.165) is 17.9 Å². The van der Waals surface area contributed by atoms with Crippen molar-refractivity contribution >= 4 is 35.0 Å². The third-order valence-electron chi connectivity index (χ3n) is 3.02. The molecule has 0 aliphatic heterocycles. The number of carbonyl (C=O) groups is 1. The van der Waals surface area contributed by atoms with Crippen molar-refractivity contribution < 1.29 is 9.90 Å². The normalized spacial score (nSPS) is 11.1. The molecule has 1 heterocycles. The predicted octanol–water partition coefficient (Wildman–Crippen LogP) is 5.26. The van der Waals surface area contributed by atoms with Crippen LogP contribution >= 0.6 is 22.9 Å². The molecule has 0 aliphatic carbocycles. The molecule has 0 saturated carbocycles. The highest BCUT2D eigenvalue weighted by Gasteiger charge is 2.00. The Labute approximate surface area is 133 Å². The van der Waals surface area contributed by atoms with Crippen molar-refractivity contribution in [2.75, 3.05) is 0 Å². The summed E-state index contributed by atoms with van der Waals surface area (Å²) in [6.07, 6.45) is 6.75. The minimum atomic E-state index is -0.732. The second-order valence-electron chi connectivity index (χ2n) is 4.80. The van der Waals surface area contributed by atoms with Crippen LogP contribution in [-0.2, 0) is 11.2 Å². The first-order chi connectivity index (χ1) is 10.1. The molecule has 0 amide bonds. The molecule has 0 unspecified atom stereocenters. The van der Waals surface area contributed by atoms with Crippen molar-refractivity contribution in [2.24, 2.45) is 0 Å². The van der Waals surface area contributed by atoms with Crippen LogP contribution in [0, 0.1) is 0 Å². The van der Waals surface area contributed by atoms with E-state index >= 15 is 0 Å². The summed E-state index contributed by atoms with van der Waals surface area (Å²) in [6.45, 7) is 0. The van der Waals surface area contributed by atoms with Crippen LogP contribution < -0.4 is 0 Å². The van der Waals surface area contributed by atoms with Gasteiger partial charge in [-0.1, -0.05) is 29.8 Å². The van der Waals surface area contributed by atoms with E-state index in [0.29, 0.717) is 6.42 Å². The van der Waals surface area contributed by atoms with Crippen LogP contribution in [0.15, 0.2) is 42.5 Å². The van der Waals surface area contributed by atoms with E-state index in [9.17, 15) is 4.79 Å². The molecule has 110 valence electrons. The standard InChI is InChI=1S/C17H17ClO2S/c18-14-8-6-13(7-9-14)12-16-11-10-15(21-16)4-2-1-3-5-17(19)20/h2,4,6-11H,1,3,5,12H2,(H,19,20). The van der Waals surface area contributed by atoms with Crippen LogP contribution in [0.5, 0.6) is 0 Å². The summed E-state index contributed by atoms with van der Waals surface area (Å²) in [4.78, 5) is 12.9. The molecule has 4 heteroatoms. The van der Waals surface area contributed by atoms with Gasteiger partial charge in [-0.25, -0.2) is 0 Å². The Bertz CT molecular complexity index is 614. The molecule has 21 heavy (non-hydrogen) atoms. The lowest BCUT2D eigenvalue weighted by molar-refractivity contribution is -0.137. The van der Waals surface area contributed by atoms with Crippen molar-refractivity contribution in [3.05, 3.63) is 62.8 Å². The first-order valence-electron chi connectivity index (χ1n) is 6.85. The topological polar surface area (TPSA) is 37.3 Å². The van der Waals surface area contributed by atoms with Gasteiger partial charge in [0, 0.05) is 27.6 Å².